The van der Waals surface area contributed by atoms with Crippen molar-refractivity contribution in [2.45, 2.75) is 51.6 Å². The molecule has 1 saturated carbocycles. The van der Waals surface area contributed by atoms with Gasteiger partial charge in [-0.1, -0.05) is 31.9 Å². The summed E-state index contributed by atoms with van der Waals surface area (Å²) in [7, 11) is 0. The number of nitrogens with zero attached hydrogens (tertiary/aromatic N) is 1. The van der Waals surface area contributed by atoms with Crippen molar-refractivity contribution in [3.8, 4) is 6.07 Å². The maximum absolute atomic E-state index is 12.8. The van der Waals surface area contributed by atoms with Gasteiger partial charge in [-0.2, -0.15) is 5.26 Å². The van der Waals surface area contributed by atoms with Gasteiger partial charge in [0.25, 0.3) is 0 Å². The van der Waals surface area contributed by atoms with Gasteiger partial charge in [-0.3, -0.25) is 0 Å². The zero-order valence-corrected chi connectivity index (χ0v) is 12.1. The van der Waals surface area contributed by atoms with E-state index in [2.05, 4.69) is 18.3 Å². The molecule has 108 valence electrons. The van der Waals surface area contributed by atoms with Gasteiger partial charge in [0.15, 0.2) is 0 Å². The van der Waals surface area contributed by atoms with Crippen LogP contribution in [0.15, 0.2) is 24.3 Å². The quantitative estimate of drug-likeness (QED) is 0.880. The fraction of sp³-hybridized carbons (Fsp3) is 0.588. The van der Waals surface area contributed by atoms with Crippen LogP contribution in [0.25, 0.3) is 0 Å². The zero-order chi connectivity index (χ0) is 14.4. The molecular weight excluding hydrogens is 251 g/mol. The van der Waals surface area contributed by atoms with Crippen LogP contribution in [0.5, 0.6) is 0 Å². The Kier molecular flexibility index (Phi) is 5.55. The molecule has 2 nitrogen and oxygen atoms in total. The summed E-state index contributed by atoms with van der Waals surface area (Å²) < 4.78 is 12.8. The fourth-order valence-corrected chi connectivity index (χ4v) is 3.10. The average Bonchev–Trinajstić information content (AvgIpc) is 2.47. The van der Waals surface area contributed by atoms with E-state index in [1.54, 1.807) is 0 Å². The molecule has 1 aliphatic carbocycles. The number of hydrogen-bond donors (Lipinski definition) is 1. The van der Waals surface area contributed by atoms with Crippen molar-refractivity contribution < 1.29 is 4.39 Å². The lowest BCUT2D eigenvalue weighted by molar-refractivity contribution is 0.222. The predicted molar refractivity (Wildman–Crippen MR) is 78.4 cm³/mol. The molecule has 2 unspecified atom stereocenters. The van der Waals surface area contributed by atoms with Crippen molar-refractivity contribution in [2.75, 3.05) is 0 Å². The Bertz CT molecular complexity index is 449. The van der Waals surface area contributed by atoms with Crippen LogP contribution in [-0.2, 0) is 6.54 Å². The van der Waals surface area contributed by atoms with Crippen molar-refractivity contribution in [3.63, 3.8) is 0 Å². The first-order valence-electron chi connectivity index (χ1n) is 7.54. The van der Waals surface area contributed by atoms with Gasteiger partial charge >= 0.3 is 0 Å². The molecule has 0 aromatic heterocycles. The van der Waals surface area contributed by atoms with Crippen molar-refractivity contribution >= 4 is 0 Å². The molecule has 1 aromatic carbocycles. The molecule has 20 heavy (non-hydrogen) atoms. The Balaban J connectivity index is 1.81. The molecule has 1 aromatic rings. The van der Waals surface area contributed by atoms with Crippen molar-refractivity contribution in [1.82, 2.24) is 5.32 Å². The second-order valence-corrected chi connectivity index (χ2v) is 5.97. The summed E-state index contributed by atoms with van der Waals surface area (Å²) in [4.78, 5) is 0. The van der Waals surface area contributed by atoms with E-state index in [0.717, 1.165) is 18.5 Å². The van der Waals surface area contributed by atoms with Crippen LogP contribution < -0.4 is 5.32 Å². The van der Waals surface area contributed by atoms with Gasteiger partial charge in [-0.05, 0) is 42.4 Å². The Morgan fingerprint density at radius 1 is 1.35 bits per heavy atom. The number of rotatable bonds is 5. The average molecular weight is 274 g/mol. The topological polar surface area (TPSA) is 35.8 Å². The maximum atomic E-state index is 12.8. The fourth-order valence-electron chi connectivity index (χ4n) is 3.10. The number of hydrogen-bond acceptors (Lipinski definition) is 2. The van der Waals surface area contributed by atoms with Crippen LogP contribution in [0.2, 0.25) is 0 Å². The van der Waals surface area contributed by atoms with Gasteiger partial charge in [-0.15, -0.1) is 0 Å². The van der Waals surface area contributed by atoms with Gasteiger partial charge < -0.3 is 5.32 Å². The monoisotopic (exact) mass is 274 g/mol. The lowest BCUT2D eigenvalue weighted by atomic mass is 9.77. The molecule has 0 saturated heterocycles. The van der Waals surface area contributed by atoms with E-state index in [-0.39, 0.29) is 5.82 Å². The molecule has 1 N–H and O–H groups in total. The van der Waals surface area contributed by atoms with Crippen molar-refractivity contribution in [3.05, 3.63) is 35.6 Å². The lowest BCUT2D eigenvalue weighted by Crippen LogP contribution is -2.35. The largest absolute Gasteiger partial charge is 0.310 e. The summed E-state index contributed by atoms with van der Waals surface area (Å²) in [5.41, 5.74) is 1.12. The van der Waals surface area contributed by atoms with Crippen molar-refractivity contribution in [2.24, 2.45) is 11.8 Å². The highest BCUT2D eigenvalue weighted by Crippen LogP contribution is 2.31. The summed E-state index contributed by atoms with van der Waals surface area (Å²) in [5, 5.41) is 12.4. The molecule has 1 aliphatic rings. The number of nitriles is 1. The molecular formula is C17H23FN2. The summed E-state index contributed by atoms with van der Waals surface area (Å²) in [6.07, 6.45) is 5.51. The van der Waals surface area contributed by atoms with Crippen LogP contribution >= 0.6 is 0 Å². The molecule has 1 fully saturated rings. The Morgan fingerprint density at radius 2 is 2.10 bits per heavy atom. The summed E-state index contributed by atoms with van der Waals surface area (Å²) >= 11 is 0. The normalized spacial score (nSPS) is 24.1. The molecule has 3 heteroatoms. The van der Waals surface area contributed by atoms with Crippen LogP contribution in [0, 0.1) is 29.0 Å². The minimum Gasteiger partial charge on any atom is -0.310 e. The van der Waals surface area contributed by atoms with Crippen LogP contribution in [0.1, 0.15) is 44.6 Å². The van der Waals surface area contributed by atoms with Crippen molar-refractivity contribution in [1.29, 1.82) is 5.26 Å². The van der Waals surface area contributed by atoms with E-state index in [9.17, 15) is 4.39 Å². The summed E-state index contributed by atoms with van der Waals surface area (Å²) in [6.45, 7) is 2.99. The first-order valence-corrected chi connectivity index (χ1v) is 7.54. The second kappa shape index (κ2) is 7.40. The smallest absolute Gasteiger partial charge is 0.123 e. The lowest BCUT2D eigenvalue weighted by Gasteiger charge is -2.32. The first-order chi connectivity index (χ1) is 9.69. The Labute approximate surface area is 121 Å². The van der Waals surface area contributed by atoms with Gasteiger partial charge in [0.2, 0.25) is 0 Å². The molecule has 0 radical (unpaired) electrons. The maximum Gasteiger partial charge on any atom is 0.123 e. The third-order valence-electron chi connectivity index (χ3n) is 4.44. The highest BCUT2D eigenvalue weighted by molar-refractivity contribution is 5.15. The third kappa shape index (κ3) is 4.31. The Morgan fingerprint density at radius 3 is 2.80 bits per heavy atom. The van der Waals surface area contributed by atoms with Crippen LogP contribution in [0.3, 0.4) is 0 Å². The van der Waals surface area contributed by atoms with E-state index in [1.807, 2.05) is 12.1 Å². The SMILES string of the molecule is CC(CC#N)C1CCC[C@H](NCc2ccc(F)cc2)C1. The molecule has 3 atom stereocenters. The van der Waals surface area contributed by atoms with Gasteiger partial charge in [0, 0.05) is 19.0 Å². The summed E-state index contributed by atoms with van der Waals surface area (Å²) in [6, 6.07) is 9.50. The molecule has 2 rings (SSSR count). The minimum atomic E-state index is -0.184. The molecule has 0 bridgehead atoms. The van der Waals surface area contributed by atoms with E-state index in [0.29, 0.717) is 24.3 Å². The van der Waals surface area contributed by atoms with Crippen LogP contribution in [0.4, 0.5) is 4.39 Å². The Hall–Kier alpha value is -1.40. The highest BCUT2D eigenvalue weighted by Gasteiger charge is 2.25. The van der Waals surface area contributed by atoms with Gasteiger partial charge in [-0.25, -0.2) is 4.39 Å². The van der Waals surface area contributed by atoms with E-state index >= 15 is 0 Å². The van der Waals surface area contributed by atoms with Crippen LogP contribution in [-0.4, -0.2) is 6.04 Å². The van der Waals surface area contributed by atoms with E-state index in [4.69, 9.17) is 5.26 Å². The molecule has 0 aliphatic heterocycles. The predicted octanol–water partition coefficient (Wildman–Crippen LogP) is 4.02. The number of nitrogens with one attached hydrogen (secondary N) is 1. The molecule has 0 heterocycles. The number of benzene rings is 1. The second-order valence-electron chi connectivity index (χ2n) is 5.97. The van der Waals surface area contributed by atoms with E-state index < -0.39 is 0 Å². The van der Waals surface area contributed by atoms with E-state index in [1.165, 1.54) is 31.4 Å². The highest BCUT2D eigenvalue weighted by atomic mass is 19.1. The molecule has 0 spiro atoms. The van der Waals surface area contributed by atoms with Gasteiger partial charge in [0.05, 0.1) is 6.07 Å². The van der Waals surface area contributed by atoms with Gasteiger partial charge in [0.1, 0.15) is 5.82 Å². The number of halogens is 1. The first kappa shape index (κ1) is 15.0. The third-order valence-corrected chi connectivity index (χ3v) is 4.44. The minimum absolute atomic E-state index is 0.184. The summed E-state index contributed by atoms with van der Waals surface area (Å²) in [5.74, 6) is 0.973. The zero-order valence-electron chi connectivity index (χ0n) is 12.1. The standard InChI is InChI=1S/C17H23FN2/c1-13(9-10-19)15-3-2-4-17(11-15)20-12-14-5-7-16(18)8-6-14/h5-8,13,15,17,20H,2-4,9,11-12H2,1H3/t13?,15?,17-/m0/s1. The molecule has 0 amide bonds.